The van der Waals surface area contributed by atoms with Crippen LogP contribution < -0.4 is 9.46 Å². The minimum absolute atomic E-state index is 0.0358. The van der Waals surface area contributed by atoms with Gasteiger partial charge in [-0.15, -0.1) is 0 Å². The summed E-state index contributed by atoms with van der Waals surface area (Å²) in [5, 5.41) is 0.306. The van der Waals surface area contributed by atoms with E-state index >= 15 is 0 Å². The number of sulfonamides is 1. The van der Waals surface area contributed by atoms with Crippen molar-refractivity contribution in [2.24, 2.45) is 7.05 Å². The Morgan fingerprint density at radius 3 is 2.48 bits per heavy atom. The highest BCUT2D eigenvalue weighted by Gasteiger charge is 2.22. The first kappa shape index (κ1) is 18.9. The number of nitrogens with zero attached hydrogens (tertiary/aromatic N) is 2. The van der Waals surface area contributed by atoms with E-state index in [1.54, 1.807) is 17.8 Å². The molecule has 0 aliphatic carbocycles. The van der Waals surface area contributed by atoms with Crippen LogP contribution in [0.15, 0.2) is 59.8 Å². The van der Waals surface area contributed by atoms with Gasteiger partial charge in [0.2, 0.25) is 5.78 Å². The van der Waals surface area contributed by atoms with Crippen LogP contribution in [0.5, 0.6) is 5.75 Å². The number of aromatic nitrogens is 2. The zero-order valence-electron chi connectivity index (χ0n) is 14.5. The third-order valence-corrected chi connectivity index (χ3v) is 5.48. The van der Waals surface area contributed by atoms with Gasteiger partial charge in [0.25, 0.3) is 10.0 Å². The lowest BCUT2D eigenvalue weighted by Crippen LogP contribution is -2.17. The van der Waals surface area contributed by atoms with Gasteiger partial charge in [0.15, 0.2) is 5.82 Å². The van der Waals surface area contributed by atoms with Gasteiger partial charge >= 0.3 is 0 Å². The molecule has 1 aromatic heterocycles. The fourth-order valence-corrected chi connectivity index (χ4v) is 3.71. The summed E-state index contributed by atoms with van der Waals surface area (Å²) in [5.74, 6) is 0.255. The molecular weight excluding hydrogens is 390 g/mol. The number of rotatable bonds is 6. The van der Waals surface area contributed by atoms with Crippen LogP contribution in [0.2, 0.25) is 5.02 Å². The topological polar surface area (TPSA) is 90.3 Å². The number of imidazole rings is 1. The summed E-state index contributed by atoms with van der Waals surface area (Å²) in [7, 11) is -0.751. The van der Waals surface area contributed by atoms with Gasteiger partial charge in [-0.3, -0.25) is 9.52 Å². The van der Waals surface area contributed by atoms with Crippen LogP contribution in [0.25, 0.3) is 0 Å². The van der Waals surface area contributed by atoms with Crippen LogP contribution in [-0.2, 0) is 17.1 Å². The maximum Gasteiger partial charge on any atom is 0.261 e. The molecule has 0 fully saturated rings. The van der Waals surface area contributed by atoms with Crippen molar-refractivity contribution in [3.63, 3.8) is 0 Å². The smallest absolute Gasteiger partial charge is 0.261 e. The number of carbonyl (C=O) groups is 1. The highest BCUT2D eigenvalue weighted by molar-refractivity contribution is 7.92. The van der Waals surface area contributed by atoms with Crippen LogP contribution in [0.3, 0.4) is 0 Å². The van der Waals surface area contributed by atoms with E-state index in [9.17, 15) is 13.2 Å². The van der Waals surface area contributed by atoms with Crippen molar-refractivity contribution in [1.29, 1.82) is 0 Å². The van der Waals surface area contributed by atoms with E-state index in [-0.39, 0.29) is 22.0 Å². The molecule has 0 spiro atoms. The quantitative estimate of drug-likeness (QED) is 0.636. The molecule has 7 nitrogen and oxygen atoms in total. The van der Waals surface area contributed by atoms with Crippen LogP contribution in [0, 0.1) is 0 Å². The van der Waals surface area contributed by atoms with E-state index in [4.69, 9.17) is 16.3 Å². The molecule has 9 heteroatoms. The molecular formula is C18H16ClN3O4S. The lowest BCUT2D eigenvalue weighted by molar-refractivity contribution is 0.102. The lowest BCUT2D eigenvalue weighted by Gasteiger charge is -2.13. The van der Waals surface area contributed by atoms with Gasteiger partial charge in [0.1, 0.15) is 5.75 Å². The number of ketones is 1. The maximum atomic E-state index is 12.8. The van der Waals surface area contributed by atoms with Crippen LogP contribution in [0.1, 0.15) is 16.2 Å². The van der Waals surface area contributed by atoms with Crippen molar-refractivity contribution >= 4 is 33.1 Å². The zero-order valence-corrected chi connectivity index (χ0v) is 16.1. The monoisotopic (exact) mass is 405 g/mol. The molecule has 0 radical (unpaired) electrons. The molecule has 0 unspecified atom stereocenters. The number of aryl methyl sites for hydroxylation is 1. The van der Waals surface area contributed by atoms with E-state index in [1.165, 1.54) is 55.8 Å². The Hall–Kier alpha value is -2.84. The Balaban J connectivity index is 1.99. The average molecular weight is 406 g/mol. The molecule has 0 bridgehead atoms. The molecule has 0 aliphatic heterocycles. The predicted octanol–water partition coefficient (Wildman–Crippen LogP) is 3.11. The van der Waals surface area contributed by atoms with Gasteiger partial charge in [-0.05, 0) is 42.5 Å². The number of benzene rings is 2. The Kier molecular flexibility index (Phi) is 5.20. The Morgan fingerprint density at radius 2 is 1.89 bits per heavy atom. The van der Waals surface area contributed by atoms with Gasteiger partial charge < -0.3 is 9.30 Å². The highest BCUT2D eigenvalue weighted by atomic mass is 35.5. The second-order valence-electron chi connectivity index (χ2n) is 5.66. The summed E-state index contributed by atoms with van der Waals surface area (Å²) in [4.78, 5) is 16.9. The summed E-state index contributed by atoms with van der Waals surface area (Å²) in [6, 6.07) is 10.3. The summed E-state index contributed by atoms with van der Waals surface area (Å²) in [6.45, 7) is 0. The van der Waals surface area contributed by atoms with Gasteiger partial charge in [0, 0.05) is 24.5 Å². The number of hydrogen-bond donors (Lipinski definition) is 1. The van der Waals surface area contributed by atoms with Gasteiger partial charge in [-0.1, -0.05) is 11.6 Å². The zero-order chi connectivity index (χ0) is 19.6. The predicted molar refractivity (Wildman–Crippen MR) is 102 cm³/mol. The second kappa shape index (κ2) is 7.42. The molecule has 3 aromatic rings. The Morgan fingerprint density at radius 1 is 1.19 bits per heavy atom. The van der Waals surface area contributed by atoms with Crippen molar-refractivity contribution in [3.05, 3.63) is 71.3 Å². The third-order valence-electron chi connectivity index (χ3n) is 3.86. The van der Waals surface area contributed by atoms with Crippen LogP contribution >= 0.6 is 11.6 Å². The number of ether oxygens (including phenoxy) is 1. The minimum atomic E-state index is -3.91. The van der Waals surface area contributed by atoms with Gasteiger partial charge in [-0.2, -0.15) is 0 Å². The van der Waals surface area contributed by atoms with Crippen molar-refractivity contribution in [2.45, 2.75) is 4.90 Å². The largest absolute Gasteiger partial charge is 0.497 e. The number of methoxy groups -OCH3 is 1. The first-order valence-corrected chi connectivity index (χ1v) is 9.66. The van der Waals surface area contributed by atoms with E-state index in [1.807, 2.05) is 0 Å². The Bertz CT molecular complexity index is 1090. The molecule has 3 rings (SSSR count). The molecule has 2 aromatic carbocycles. The number of halogens is 1. The van der Waals surface area contributed by atoms with Crippen molar-refractivity contribution in [2.75, 3.05) is 11.8 Å². The molecule has 1 heterocycles. The molecule has 27 heavy (non-hydrogen) atoms. The first-order chi connectivity index (χ1) is 12.8. The number of carbonyl (C=O) groups excluding carboxylic acids is 1. The van der Waals surface area contributed by atoms with E-state index < -0.39 is 15.8 Å². The average Bonchev–Trinajstić information content (AvgIpc) is 3.08. The van der Waals surface area contributed by atoms with E-state index in [0.717, 1.165) is 0 Å². The molecule has 0 saturated carbocycles. The normalized spacial score (nSPS) is 11.2. The van der Waals surface area contributed by atoms with E-state index in [2.05, 4.69) is 9.71 Å². The maximum absolute atomic E-state index is 12.8. The summed E-state index contributed by atoms with van der Waals surface area (Å²) < 4.78 is 34.4. The van der Waals surface area contributed by atoms with Crippen LogP contribution in [0.4, 0.5) is 5.69 Å². The minimum Gasteiger partial charge on any atom is -0.497 e. The second-order valence-corrected chi connectivity index (χ2v) is 7.78. The summed E-state index contributed by atoms with van der Waals surface area (Å²) >= 11 is 6.01. The van der Waals surface area contributed by atoms with Crippen molar-refractivity contribution in [1.82, 2.24) is 9.55 Å². The van der Waals surface area contributed by atoms with Crippen molar-refractivity contribution in [3.8, 4) is 5.75 Å². The SMILES string of the molecule is COc1ccc(S(=O)(=O)Nc2ccc(Cl)cc2C(=O)c2nccn2C)cc1. The third kappa shape index (κ3) is 3.96. The molecule has 1 N–H and O–H groups in total. The molecule has 0 saturated heterocycles. The van der Waals surface area contributed by atoms with Gasteiger partial charge in [0.05, 0.1) is 23.3 Å². The standard InChI is InChI=1S/C18H16ClN3O4S/c1-22-10-9-20-18(22)17(23)15-11-12(19)3-8-16(15)21-27(24,25)14-6-4-13(26-2)5-7-14/h3-11,21H,1-2H3. The highest BCUT2D eigenvalue weighted by Crippen LogP contribution is 2.26. The number of anilines is 1. The number of hydrogen-bond acceptors (Lipinski definition) is 5. The van der Waals surface area contributed by atoms with Crippen molar-refractivity contribution < 1.29 is 17.9 Å². The summed E-state index contributed by atoms with van der Waals surface area (Å²) in [6.07, 6.45) is 3.11. The number of nitrogens with one attached hydrogen (secondary N) is 1. The molecule has 0 aliphatic rings. The van der Waals surface area contributed by atoms with E-state index in [0.29, 0.717) is 10.8 Å². The molecule has 0 atom stereocenters. The lowest BCUT2D eigenvalue weighted by atomic mass is 10.1. The van der Waals surface area contributed by atoms with Gasteiger partial charge in [-0.25, -0.2) is 13.4 Å². The molecule has 0 amide bonds. The first-order valence-electron chi connectivity index (χ1n) is 7.80. The summed E-state index contributed by atoms with van der Waals surface area (Å²) in [5.41, 5.74) is 0.220. The Labute approximate surface area is 161 Å². The fraction of sp³-hybridized carbons (Fsp3) is 0.111. The van der Waals surface area contributed by atoms with Crippen LogP contribution in [-0.4, -0.2) is 30.9 Å². The molecule has 140 valence electrons. The fourth-order valence-electron chi connectivity index (χ4n) is 2.46.